The zero-order valence-corrected chi connectivity index (χ0v) is 6.23. The van der Waals surface area contributed by atoms with E-state index in [2.05, 4.69) is 36.6 Å². The first-order valence-electron chi connectivity index (χ1n) is 3.30. The number of hydrogen-bond donors (Lipinski definition) is 1. The van der Waals surface area contributed by atoms with Crippen LogP contribution in [0.5, 0.6) is 0 Å². The van der Waals surface area contributed by atoms with Crippen molar-refractivity contribution in [3.63, 3.8) is 0 Å². The fourth-order valence-corrected chi connectivity index (χ4v) is 1.05. The summed E-state index contributed by atoms with van der Waals surface area (Å²) in [6.45, 7) is 7.33. The molecule has 0 spiro atoms. The van der Waals surface area contributed by atoms with Crippen molar-refractivity contribution in [1.82, 2.24) is 5.10 Å². The van der Waals surface area contributed by atoms with E-state index in [9.17, 15) is 0 Å². The summed E-state index contributed by atoms with van der Waals surface area (Å²) in [5.74, 6) is 0. The molecule has 0 atom stereocenters. The highest BCUT2D eigenvalue weighted by Crippen LogP contribution is 1.91. The highest BCUT2D eigenvalue weighted by atomic mass is 15.3. The van der Waals surface area contributed by atoms with Crippen molar-refractivity contribution in [2.24, 2.45) is 0 Å². The van der Waals surface area contributed by atoms with Crippen molar-refractivity contribution in [3.05, 3.63) is 17.5 Å². The monoisotopic (exact) mass is 125 g/mol. The molecule has 0 saturated heterocycles. The lowest BCUT2D eigenvalue weighted by atomic mass is 10.4. The van der Waals surface area contributed by atoms with E-state index in [4.69, 9.17) is 0 Å². The normalized spacial score (nSPS) is 10.1. The third kappa shape index (κ3) is 1.12. The predicted molar refractivity (Wildman–Crippen MR) is 36.1 cm³/mol. The topological polar surface area (TPSA) is 19.7 Å². The van der Waals surface area contributed by atoms with Crippen LogP contribution in [0.4, 0.5) is 0 Å². The zero-order valence-electron chi connectivity index (χ0n) is 6.23. The van der Waals surface area contributed by atoms with Gasteiger partial charge in [-0.15, -0.1) is 4.68 Å². The van der Waals surface area contributed by atoms with Crippen LogP contribution in [0, 0.1) is 13.8 Å². The van der Waals surface area contributed by atoms with Gasteiger partial charge in [-0.3, -0.25) is 0 Å². The summed E-state index contributed by atoms with van der Waals surface area (Å²) in [4.78, 5) is 0. The van der Waals surface area contributed by atoms with Crippen LogP contribution >= 0.6 is 0 Å². The van der Waals surface area contributed by atoms with E-state index in [-0.39, 0.29) is 0 Å². The van der Waals surface area contributed by atoms with Gasteiger partial charge in [-0.1, -0.05) is 0 Å². The molecule has 0 aliphatic heterocycles. The predicted octanol–water partition coefficient (Wildman–Crippen LogP) is 0.939. The van der Waals surface area contributed by atoms with Gasteiger partial charge in [0.2, 0.25) is 5.69 Å². The zero-order chi connectivity index (χ0) is 6.85. The number of nitrogens with one attached hydrogen (secondary N) is 1. The quantitative estimate of drug-likeness (QED) is 0.539. The van der Waals surface area contributed by atoms with E-state index in [0.29, 0.717) is 0 Å². The highest BCUT2D eigenvalue weighted by molar-refractivity contribution is 4.98. The molecule has 1 rings (SSSR count). The van der Waals surface area contributed by atoms with Crippen molar-refractivity contribution in [2.75, 3.05) is 0 Å². The van der Waals surface area contributed by atoms with Gasteiger partial charge in [-0.25, -0.2) is 0 Å². The van der Waals surface area contributed by atoms with Gasteiger partial charge in [0.15, 0.2) is 6.54 Å². The Morgan fingerprint density at radius 3 is 2.44 bits per heavy atom. The lowest BCUT2D eigenvalue weighted by Gasteiger charge is -1.83. The molecule has 0 amide bonds. The van der Waals surface area contributed by atoms with Crippen LogP contribution in [0.25, 0.3) is 0 Å². The highest BCUT2D eigenvalue weighted by Gasteiger charge is 2.04. The summed E-state index contributed by atoms with van der Waals surface area (Å²) in [5, 5.41) is 3.21. The number of hydrogen-bond acceptors (Lipinski definition) is 0. The lowest BCUT2D eigenvalue weighted by molar-refractivity contribution is -0.752. The molecule has 1 aromatic rings. The van der Waals surface area contributed by atoms with E-state index in [0.717, 1.165) is 6.54 Å². The van der Waals surface area contributed by atoms with E-state index >= 15 is 0 Å². The second-order valence-electron chi connectivity index (χ2n) is 2.32. The molecule has 50 valence electrons. The molecule has 0 aliphatic rings. The molecular formula is C7H13N2+. The molecule has 0 unspecified atom stereocenters. The summed E-state index contributed by atoms with van der Waals surface area (Å²) >= 11 is 0. The Balaban J connectivity index is 3.01. The Morgan fingerprint density at radius 1 is 1.56 bits per heavy atom. The number of aromatic nitrogens is 2. The van der Waals surface area contributed by atoms with Crippen molar-refractivity contribution in [3.8, 4) is 0 Å². The average Bonchev–Trinajstić information content (AvgIpc) is 2.10. The number of H-pyrrole nitrogens is 1. The molecule has 0 aliphatic carbocycles. The van der Waals surface area contributed by atoms with Gasteiger partial charge in [0.25, 0.3) is 0 Å². The Kier molecular flexibility index (Phi) is 1.56. The molecule has 1 N–H and O–H groups in total. The number of rotatable bonds is 1. The Labute approximate surface area is 55.5 Å². The minimum absolute atomic E-state index is 1.03. The smallest absolute Gasteiger partial charge is 0.170 e. The average molecular weight is 125 g/mol. The second-order valence-corrected chi connectivity index (χ2v) is 2.32. The van der Waals surface area contributed by atoms with Crippen LogP contribution in [0.15, 0.2) is 6.07 Å². The van der Waals surface area contributed by atoms with Crippen LogP contribution in [-0.4, -0.2) is 5.10 Å². The summed E-state index contributed by atoms with van der Waals surface area (Å²) in [6, 6.07) is 2.14. The SMILES string of the molecule is CC[n+]1[nH]c(C)cc1C. The lowest BCUT2D eigenvalue weighted by Crippen LogP contribution is -2.36. The maximum absolute atomic E-state index is 3.21. The van der Waals surface area contributed by atoms with Gasteiger partial charge in [0.1, 0.15) is 0 Å². The van der Waals surface area contributed by atoms with E-state index in [1.807, 2.05) is 0 Å². The Bertz CT molecular complexity index is 201. The van der Waals surface area contributed by atoms with Crippen LogP contribution in [0.3, 0.4) is 0 Å². The van der Waals surface area contributed by atoms with Gasteiger partial charge < -0.3 is 0 Å². The van der Waals surface area contributed by atoms with Crippen molar-refractivity contribution in [1.29, 1.82) is 0 Å². The largest absolute Gasteiger partial charge is 0.204 e. The van der Waals surface area contributed by atoms with Crippen LogP contribution in [-0.2, 0) is 6.54 Å². The minimum atomic E-state index is 1.03. The molecule has 0 fully saturated rings. The van der Waals surface area contributed by atoms with Gasteiger partial charge in [0, 0.05) is 13.0 Å². The molecule has 0 saturated carbocycles. The first-order valence-corrected chi connectivity index (χ1v) is 3.30. The van der Waals surface area contributed by atoms with Crippen molar-refractivity contribution in [2.45, 2.75) is 27.3 Å². The van der Waals surface area contributed by atoms with Gasteiger partial charge in [-0.05, 0) is 13.8 Å². The second kappa shape index (κ2) is 2.21. The molecule has 1 aromatic heterocycles. The van der Waals surface area contributed by atoms with Crippen LogP contribution in [0.2, 0.25) is 0 Å². The van der Waals surface area contributed by atoms with Crippen LogP contribution < -0.4 is 4.68 Å². The summed E-state index contributed by atoms with van der Waals surface area (Å²) in [7, 11) is 0. The summed E-state index contributed by atoms with van der Waals surface area (Å²) in [5.41, 5.74) is 2.53. The van der Waals surface area contributed by atoms with Crippen LogP contribution in [0.1, 0.15) is 18.3 Å². The standard InChI is InChI=1S/C7H12N2/c1-4-9-7(3)5-6(2)8-9/h5H,4H2,1-3H3/p+1. The molecule has 2 heteroatoms. The third-order valence-electron chi connectivity index (χ3n) is 1.48. The number of aryl methyl sites for hydroxylation is 3. The fraction of sp³-hybridized carbons (Fsp3) is 0.571. The number of nitrogens with zero attached hydrogens (tertiary/aromatic N) is 1. The molecule has 0 bridgehead atoms. The van der Waals surface area contributed by atoms with Gasteiger partial charge in [-0.2, -0.15) is 5.10 Å². The Morgan fingerprint density at radius 2 is 2.22 bits per heavy atom. The maximum Gasteiger partial charge on any atom is 0.204 e. The maximum atomic E-state index is 3.21. The van der Waals surface area contributed by atoms with E-state index < -0.39 is 0 Å². The molecule has 0 aromatic carbocycles. The number of aromatic amines is 1. The van der Waals surface area contributed by atoms with Crippen molar-refractivity contribution < 1.29 is 4.68 Å². The molecule has 0 radical (unpaired) electrons. The van der Waals surface area contributed by atoms with Crippen molar-refractivity contribution >= 4 is 0 Å². The molecule has 1 heterocycles. The first kappa shape index (κ1) is 6.33. The summed E-state index contributed by atoms with van der Waals surface area (Å²) < 4.78 is 2.12. The van der Waals surface area contributed by atoms with Gasteiger partial charge >= 0.3 is 0 Å². The van der Waals surface area contributed by atoms with E-state index in [1.54, 1.807) is 0 Å². The third-order valence-corrected chi connectivity index (χ3v) is 1.48. The van der Waals surface area contributed by atoms with Gasteiger partial charge in [0.05, 0.1) is 5.69 Å². The first-order chi connectivity index (χ1) is 4.24. The molecule has 2 nitrogen and oxygen atoms in total. The minimum Gasteiger partial charge on any atom is -0.170 e. The fourth-order valence-electron chi connectivity index (χ4n) is 1.05. The molecule has 9 heavy (non-hydrogen) atoms. The van der Waals surface area contributed by atoms with E-state index in [1.165, 1.54) is 11.4 Å². The Hall–Kier alpha value is -0.790. The summed E-state index contributed by atoms with van der Waals surface area (Å²) in [6.07, 6.45) is 0. The molecular weight excluding hydrogens is 112 g/mol.